The van der Waals surface area contributed by atoms with E-state index >= 15 is 0 Å². The van der Waals surface area contributed by atoms with Crippen LogP contribution >= 0.6 is 0 Å². The second-order valence-electron chi connectivity index (χ2n) is 5.03. The van der Waals surface area contributed by atoms with Gasteiger partial charge in [-0.05, 0) is 24.5 Å². The molecule has 3 rings (SSSR count). The van der Waals surface area contributed by atoms with Gasteiger partial charge in [-0.3, -0.25) is 10.1 Å². The lowest BCUT2D eigenvalue weighted by molar-refractivity contribution is -0.139. The molecule has 2 aliphatic heterocycles. The Morgan fingerprint density at radius 1 is 1.56 bits per heavy atom. The standard InChI is InChI=1S/C14H16N2O2/c1-2-7-14-8-11(12(17)18)16-13(14)15-10-6-4-3-5-9(10)14/h2-6,11,13,15-16H,1,7-8H2,(H,17,18)/t11-,13-,14-/m0/s1. The fourth-order valence-corrected chi connectivity index (χ4v) is 3.27. The van der Waals surface area contributed by atoms with E-state index in [4.69, 9.17) is 0 Å². The Kier molecular flexibility index (Phi) is 2.41. The number of hydrogen-bond donors (Lipinski definition) is 3. The molecule has 0 aromatic heterocycles. The first-order valence-corrected chi connectivity index (χ1v) is 6.13. The smallest absolute Gasteiger partial charge is 0.320 e. The van der Waals surface area contributed by atoms with Crippen molar-refractivity contribution in [2.45, 2.75) is 30.5 Å². The average molecular weight is 244 g/mol. The summed E-state index contributed by atoms with van der Waals surface area (Å²) in [6, 6.07) is 7.62. The minimum Gasteiger partial charge on any atom is -0.480 e. The summed E-state index contributed by atoms with van der Waals surface area (Å²) in [7, 11) is 0. The minimum atomic E-state index is -0.785. The molecule has 4 nitrogen and oxygen atoms in total. The van der Waals surface area contributed by atoms with Crippen LogP contribution in [0.15, 0.2) is 36.9 Å². The molecular weight excluding hydrogens is 228 g/mol. The fourth-order valence-electron chi connectivity index (χ4n) is 3.27. The highest BCUT2D eigenvalue weighted by molar-refractivity contribution is 5.76. The number of benzene rings is 1. The van der Waals surface area contributed by atoms with Crippen molar-refractivity contribution >= 4 is 11.7 Å². The molecule has 4 heteroatoms. The second-order valence-corrected chi connectivity index (χ2v) is 5.03. The third kappa shape index (κ3) is 1.39. The predicted molar refractivity (Wildman–Crippen MR) is 69.5 cm³/mol. The summed E-state index contributed by atoms with van der Waals surface area (Å²) >= 11 is 0. The third-order valence-electron chi connectivity index (χ3n) is 4.06. The van der Waals surface area contributed by atoms with Crippen LogP contribution in [0.2, 0.25) is 0 Å². The van der Waals surface area contributed by atoms with Crippen molar-refractivity contribution in [3.05, 3.63) is 42.5 Å². The molecule has 3 atom stereocenters. The molecule has 2 aliphatic rings. The van der Waals surface area contributed by atoms with E-state index in [1.54, 1.807) is 0 Å². The molecule has 0 radical (unpaired) electrons. The van der Waals surface area contributed by atoms with E-state index in [2.05, 4.69) is 23.3 Å². The Labute approximate surface area is 106 Å². The molecule has 3 N–H and O–H groups in total. The lowest BCUT2D eigenvalue weighted by Gasteiger charge is -2.27. The number of aliphatic carboxylic acids is 1. The molecule has 0 amide bonds. The Hall–Kier alpha value is -1.81. The van der Waals surface area contributed by atoms with Gasteiger partial charge in [0.1, 0.15) is 6.04 Å². The van der Waals surface area contributed by atoms with Gasteiger partial charge in [0.05, 0.1) is 6.17 Å². The van der Waals surface area contributed by atoms with Crippen LogP contribution in [0.3, 0.4) is 0 Å². The van der Waals surface area contributed by atoms with Crippen molar-refractivity contribution in [1.29, 1.82) is 0 Å². The molecule has 0 saturated carbocycles. The van der Waals surface area contributed by atoms with Crippen LogP contribution in [-0.4, -0.2) is 23.3 Å². The van der Waals surface area contributed by atoms with Gasteiger partial charge in [0, 0.05) is 11.1 Å². The van der Waals surface area contributed by atoms with Crippen LogP contribution in [0.4, 0.5) is 5.69 Å². The molecule has 1 saturated heterocycles. The maximum Gasteiger partial charge on any atom is 0.320 e. The number of carboxylic acid groups (broad SMARTS) is 1. The Morgan fingerprint density at radius 2 is 2.33 bits per heavy atom. The Bertz CT molecular complexity index is 514. The van der Waals surface area contributed by atoms with Gasteiger partial charge in [0.15, 0.2) is 0 Å². The largest absolute Gasteiger partial charge is 0.480 e. The van der Waals surface area contributed by atoms with Crippen LogP contribution in [0.25, 0.3) is 0 Å². The van der Waals surface area contributed by atoms with Crippen molar-refractivity contribution in [1.82, 2.24) is 5.32 Å². The van der Waals surface area contributed by atoms with Crippen LogP contribution < -0.4 is 10.6 Å². The first kappa shape index (κ1) is 11.3. The van der Waals surface area contributed by atoms with Crippen LogP contribution in [-0.2, 0) is 10.2 Å². The van der Waals surface area contributed by atoms with Crippen molar-refractivity contribution < 1.29 is 9.90 Å². The molecule has 0 unspecified atom stereocenters. The van der Waals surface area contributed by atoms with E-state index in [1.165, 1.54) is 5.56 Å². The number of anilines is 1. The third-order valence-corrected chi connectivity index (χ3v) is 4.06. The van der Waals surface area contributed by atoms with Gasteiger partial charge in [-0.15, -0.1) is 6.58 Å². The first-order valence-electron chi connectivity index (χ1n) is 6.13. The Balaban J connectivity index is 2.05. The molecule has 1 aromatic rings. The van der Waals surface area contributed by atoms with E-state index in [0.717, 1.165) is 12.1 Å². The highest BCUT2D eigenvalue weighted by Gasteiger charge is 2.53. The van der Waals surface area contributed by atoms with E-state index in [-0.39, 0.29) is 11.6 Å². The molecule has 18 heavy (non-hydrogen) atoms. The lowest BCUT2D eigenvalue weighted by atomic mass is 9.75. The number of fused-ring (bicyclic) bond motifs is 3. The van der Waals surface area contributed by atoms with Crippen molar-refractivity contribution in [2.75, 3.05) is 5.32 Å². The quantitative estimate of drug-likeness (QED) is 0.708. The van der Waals surface area contributed by atoms with Gasteiger partial charge in [-0.1, -0.05) is 24.3 Å². The molecule has 1 fully saturated rings. The van der Waals surface area contributed by atoms with E-state index in [0.29, 0.717) is 6.42 Å². The van der Waals surface area contributed by atoms with Crippen molar-refractivity contribution in [3.63, 3.8) is 0 Å². The summed E-state index contributed by atoms with van der Waals surface area (Å²) in [5, 5.41) is 15.7. The SMILES string of the molecule is C=CC[C@@]12C[C@@H](C(=O)O)N[C@@H]1Nc1ccccc12. The monoisotopic (exact) mass is 244 g/mol. The zero-order valence-electron chi connectivity index (χ0n) is 10.0. The zero-order chi connectivity index (χ0) is 12.8. The molecule has 0 spiro atoms. The summed E-state index contributed by atoms with van der Waals surface area (Å²) in [5.74, 6) is -0.785. The summed E-state index contributed by atoms with van der Waals surface area (Å²) in [6.45, 7) is 3.82. The topological polar surface area (TPSA) is 61.4 Å². The van der Waals surface area contributed by atoms with Crippen molar-refractivity contribution in [2.24, 2.45) is 0 Å². The van der Waals surface area contributed by atoms with Gasteiger partial charge in [-0.2, -0.15) is 0 Å². The molecule has 0 bridgehead atoms. The normalized spacial score (nSPS) is 32.4. The highest BCUT2D eigenvalue weighted by atomic mass is 16.4. The van der Waals surface area contributed by atoms with Gasteiger partial charge in [0.25, 0.3) is 0 Å². The van der Waals surface area contributed by atoms with E-state index < -0.39 is 12.0 Å². The Morgan fingerprint density at radius 3 is 3.06 bits per heavy atom. The summed E-state index contributed by atoms with van der Waals surface area (Å²) in [6.07, 6.45) is 3.23. The van der Waals surface area contributed by atoms with Gasteiger partial charge in [0.2, 0.25) is 0 Å². The number of rotatable bonds is 3. The second kappa shape index (κ2) is 3.85. The van der Waals surface area contributed by atoms with Crippen LogP contribution in [0, 0.1) is 0 Å². The number of carboxylic acids is 1. The fraction of sp³-hybridized carbons (Fsp3) is 0.357. The van der Waals surface area contributed by atoms with Gasteiger partial charge >= 0.3 is 5.97 Å². The summed E-state index contributed by atoms with van der Waals surface area (Å²) in [5.41, 5.74) is 2.12. The number of carbonyl (C=O) groups is 1. The maximum absolute atomic E-state index is 11.2. The van der Waals surface area contributed by atoms with Gasteiger partial charge in [-0.25, -0.2) is 0 Å². The molecule has 0 aliphatic carbocycles. The number of allylic oxidation sites excluding steroid dienone is 1. The van der Waals surface area contributed by atoms with Crippen LogP contribution in [0.1, 0.15) is 18.4 Å². The number of para-hydroxylation sites is 1. The lowest BCUT2D eigenvalue weighted by Crippen LogP contribution is -2.42. The van der Waals surface area contributed by atoms with Gasteiger partial charge < -0.3 is 10.4 Å². The van der Waals surface area contributed by atoms with E-state index in [9.17, 15) is 9.90 Å². The first-order chi connectivity index (χ1) is 8.67. The summed E-state index contributed by atoms with van der Waals surface area (Å²) in [4.78, 5) is 11.2. The van der Waals surface area contributed by atoms with Crippen molar-refractivity contribution in [3.8, 4) is 0 Å². The average Bonchev–Trinajstić information content (AvgIpc) is 2.82. The highest BCUT2D eigenvalue weighted by Crippen LogP contribution is 2.49. The molecule has 2 heterocycles. The van der Waals surface area contributed by atoms with E-state index in [1.807, 2.05) is 24.3 Å². The molecule has 94 valence electrons. The molecular formula is C14H16N2O2. The predicted octanol–water partition coefficient (Wildman–Crippen LogP) is 1.70. The molecule has 1 aromatic carbocycles. The zero-order valence-corrected chi connectivity index (χ0v) is 10.0. The number of nitrogens with one attached hydrogen (secondary N) is 2. The van der Waals surface area contributed by atoms with Crippen LogP contribution in [0.5, 0.6) is 0 Å². The number of hydrogen-bond acceptors (Lipinski definition) is 3. The summed E-state index contributed by atoms with van der Waals surface area (Å²) < 4.78 is 0. The maximum atomic E-state index is 11.2. The minimum absolute atomic E-state index is 0.0194.